The van der Waals surface area contributed by atoms with Crippen LogP contribution in [0.25, 0.3) is 22.6 Å². The minimum absolute atomic E-state index is 0.220. The number of aromatic nitrogens is 3. The normalized spacial score (nSPS) is 11.0. The van der Waals surface area contributed by atoms with E-state index in [1.165, 1.54) is 6.07 Å². The van der Waals surface area contributed by atoms with Crippen molar-refractivity contribution in [3.63, 3.8) is 0 Å². The Labute approximate surface area is 216 Å². The molecule has 0 radical (unpaired) electrons. The van der Waals surface area contributed by atoms with Crippen LogP contribution in [0.1, 0.15) is 21.7 Å². The zero-order chi connectivity index (χ0) is 24.5. The van der Waals surface area contributed by atoms with Crippen LogP contribution in [0.4, 0.5) is 10.2 Å². The highest BCUT2D eigenvalue weighted by atomic mass is 127. The molecule has 0 bridgehead atoms. The lowest BCUT2D eigenvalue weighted by Gasteiger charge is -2.10. The maximum absolute atomic E-state index is 14.6. The molecule has 2 heterocycles. The number of para-hydroxylation sites is 2. The Balaban J connectivity index is 1.59. The number of aryl methyl sites for hydroxylation is 1. The van der Waals surface area contributed by atoms with Crippen molar-refractivity contribution in [2.75, 3.05) is 5.32 Å². The first-order chi connectivity index (χ1) is 16.9. The second kappa shape index (κ2) is 9.50. The summed E-state index contributed by atoms with van der Waals surface area (Å²) in [6.07, 6.45) is 0. The summed E-state index contributed by atoms with van der Waals surface area (Å²) < 4.78 is 19.2. The zero-order valence-corrected chi connectivity index (χ0v) is 21.3. The molecule has 0 aliphatic heterocycles. The molecule has 0 aliphatic rings. The van der Waals surface area contributed by atoms with Crippen LogP contribution < -0.4 is 5.32 Å². The number of benzene rings is 3. The SMILES string of the molecule is Cc1cc(-c2cc(NC(=O)c3ccc(I)cc3)n(-c3ccccc3)n2)c(C)n1-c1ccccc1F. The third-order valence-corrected chi connectivity index (χ3v) is 6.58. The molecule has 0 saturated carbocycles. The summed E-state index contributed by atoms with van der Waals surface area (Å²) in [5, 5.41) is 7.85. The van der Waals surface area contributed by atoms with Crippen molar-refractivity contribution in [1.82, 2.24) is 14.3 Å². The van der Waals surface area contributed by atoms with Crippen molar-refractivity contribution >= 4 is 34.3 Å². The standard InChI is InChI=1S/C28H22FIN4O/c1-18-16-23(19(2)33(18)26-11-7-6-10-24(26)29)25-17-27(34(32-25)22-8-4-3-5-9-22)31-28(35)20-12-14-21(30)15-13-20/h3-17H,1-2H3,(H,31,35). The Hall–Kier alpha value is -3.72. The van der Waals surface area contributed by atoms with Gasteiger partial charge in [-0.15, -0.1) is 0 Å². The molecule has 5 rings (SSSR count). The van der Waals surface area contributed by atoms with Crippen LogP contribution in [0, 0.1) is 23.2 Å². The van der Waals surface area contributed by atoms with E-state index in [4.69, 9.17) is 5.10 Å². The number of nitrogens with one attached hydrogen (secondary N) is 1. The molecule has 5 nitrogen and oxygen atoms in total. The molecule has 1 N–H and O–H groups in total. The van der Waals surface area contributed by atoms with Crippen molar-refractivity contribution in [1.29, 1.82) is 0 Å². The summed E-state index contributed by atoms with van der Waals surface area (Å²) in [6.45, 7) is 3.89. The van der Waals surface area contributed by atoms with Gasteiger partial charge in [-0.05, 0) is 91.0 Å². The minimum Gasteiger partial charge on any atom is -0.315 e. The second-order valence-corrected chi connectivity index (χ2v) is 9.44. The fourth-order valence-electron chi connectivity index (χ4n) is 4.18. The van der Waals surface area contributed by atoms with E-state index < -0.39 is 0 Å². The van der Waals surface area contributed by atoms with Crippen molar-refractivity contribution in [2.45, 2.75) is 13.8 Å². The predicted molar refractivity (Wildman–Crippen MR) is 145 cm³/mol. The van der Waals surface area contributed by atoms with Crippen LogP contribution in [0.15, 0.2) is 91.0 Å². The van der Waals surface area contributed by atoms with Gasteiger partial charge < -0.3 is 9.88 Å². The summed E-state index contributed by atoms with van der Waals surface area (Å²) in [4.78, 5) is 13.0. The van der Waals surface area contributed by atoms with Crippen LogP contribution in [-0.4, -0.2) is 20.3 Å². The van der Waals surface area contributed by atoms with Gasteiger partial charge in [-0.3, -0.25) is 4.79 Å². The van der Waals surface area contributed by atoms with E-state index in [0.29, 0.717) is 22.8 Å². The van der Waals surface area contributed by atoms with Crippen LogP contribution in [0.5, 0.6) is 0 Å². The predicted octanol–water partition coefficient (Wildman–Crippen LogP) is 6.94. The van der Waals surface area contributed by atoms with Gasteiger partial charge in [0.2, 0.25) is 0 Å². The summed E-state index contributed by atoms with van der Waals surface area (Å²) in [7, 11) is 0. The number of hydrogen-bond donors (Lipinski definition) is 1. The number of carbonyl (C=O) groups excluding carboxylic acids is 1. The van der Waals surface area contributed by atoms with Crippen molar-refractivity contribution in [3.8, 4) is 22.6 Å². The van der Waals surface area contributed by atoms with E-state index in [0.717, 1.165) is 26.2 Å². The minimum atomic E-state index is -0.291. The molecule has 0 spiro atoms. The molecule has 3 aromatic carbocycles. The van der Waals surface area contributed by atoms with Gasteiger partial charge in [-0.2, -0.15) is 5.10 Å². The second-order valence-electron chi connectivity index (χ2n) is 8.19. The van der Waals surface area contributed by atoms with Crippen molar-refractivity contribution in [3.05, 3.63) is 117 Å². The molecule has 1 amide bonds. The van der Waals surface area contributed by atoms with Crippen LogP contribution in [0.3, 0.4) is 0 Å². The van der Waals surface area contributed by atoms with Gasteiger partial charge in [0, 0.05) is 32.2 Å². The third-order valence-electron chi connectivity index (χ3n) is 5.86. The summed E-state index contributed by atoms with van der Waals surface area (Å²) in [5.74, 6) is 0.0356. The van der Waals surface area contributed by atoms with Gasteiger partial charge in [-0.1, -0.05) is 30.3 Å². The molecule has 0 saturated heterocycles. The molecule has 7 heteroatoms. The van der Waals surface area contributed by atoms with Gasteiger partial charge in [0.1, 0.15) is 11.6 Å². The molecule has 0 unspecified atom stereocenters. The Bertz CT molecular complexity index is 1520. The van der Waals surface area contributed by atoms with E-state index in [1.807, 2.05) is 79.1 Å². The number of rotatable bonds is 5. The Morgan fingerprint density at radius 1 is 0.914 bits per heavy atom. The Morgan fingerprint density at radius 3 is 2.31 bits per heavy atom. The first-order valence-electron chi connectivity index (χ1n) is 11.1. The Morgan fingerprint density at radius 2 is 1.60 bits per heavy atom. The largest absolute Gasteiger partial charge is 0.315 e. The van der Waals surface area contributed by atoms with Gasteiger partial charge in [0.15, 0.2) is 0 Å². The number of anilines is 1. The lowest BCUT2D eigenvalue weighted by atomic mass is 10.2. The molecule has 174 valence electrons. The fourth-order valence-corrected chi connectivity index (χ4v) is 4.54. The molecule has 2 aromatic heterocycles. The maximum atomic E-state index is 14.6. The number of carbonyl (C=O) groups is 1. The molecule has 5 aromatic rings. The smallest absolute Gasteiger partial charge is 0.256 e. The van der Waals surface area contributed by atoms with E-state index in [1.54, 1.807) is 28.9 Å². The number of amides is 1. The van der Waals surface area contributed by atoms with Crippen molar-refractivity contribution in [2.24, 2.45) is 0 Å². The van der Waals surface area contributed by atoms with Gasteiger partial charge >= 0.3 is 0 Å². The summed E-state index contributed by atoms with van der Waals surface area (Å²) in [6, 6.07) is 27.6. The first-order valence-corrected chi connectivity index (χ1v) is 12.2. The molecule has 0 fully saturated rings. The number of nitrogens with zero attached hydrogens (tertiary/aromatic N) is 3. The molecule has 0 atom stereocenters. The highest BCUT2D eigenvalue weighted by Crippen LogP contribution is 2.32. The van der Waals surface area contributed by atoms with Gasteiger partial charge in [-0.25, -0.2) is 9.07 Å². The molecular weight excluding hydrogens is 554 g/mol. The highest BCUT2D eigenvalue weighted by molar-refractivity contribution is 14.1. The number of halogens is 2. The fraction of sp³-hybridized carbons (Fsp3) is 0.0714. The van der Waals surface area contributed by atoms with Crippen molar-refractivity contribution < 1.29 is 9.18 Å². The van der Waals surface area contributed by atoms with Crippen LogP contribution in [0.2, 0.25) is 0 Å². The zero-order valence-electron chi connectivity index (χ0n) is 19.2. The van der Waals surface area contributed by atoms with Crippen LogP contribution >= 0.6 is 22.6 Å². The van der Waals surface area contributed by atoms with Gasteiger partial charge in [0.05, 0.1) is 17.1 Å². The van der Waals surface area contributed by atoms with E-state index >= 15 is 0 Å². The van der Waals surface area contributed by atoms with E-state index in [2.05, 4.69) is 27.9 Å². The van der Waals surface area contributed by atoms with E-state index in [9.17, 15) is 9.18 Å². The molecular formula is C28H22FIN4O. The Kier molecular flexibility index (Phi) is 6.25. The monoisotopic (exact) mass is 576 g/mol. The molecule has 0 aliphatic carbocycles. The lowest BCUT2D eigenvalue weighted by molar-refractivity contribution is 0.102. The van der Waals surface area contributed by atoms with E-state index in [-0.39, 0.29) is 11.7 Å². The highest BCUT2D eigenvalue weighted by Gasteiger charge is 2.20. The average Bonchev–Trinajstić information content (AvgIpc) is 3.40. The first kappa shape index (κ1) is 23.0. The average molecular weight is 576 g/mol. The van der Waals surface area contributed by atoms with Gasteiger partial charge in [0.25, 0.3) is 5.91 Å². The quantitative estimate of drug-likeness (QED) is 0.231. The lowest BCUT2D eigenvalue weighted by Crippen LogP contribution is -2.15. The van der Waals surface area contributed by atoms with Crippen LogP contribution in [-0.2, 0) is 0 Å². The number of hydrogen-bond acceptors (Lipinski definition) is 2. The maximum Gasteiger partial charge on any atom is 0.256 e. The molecule has 35 heavy (non-hydrogen) atoms. The topological polar surface area (TPSA) is 51.9 Å². The third kappa shape index (κ3) is 4.51. The summed E-state index contributed by atoms with van der Waals surface area (Å²) in [5.41, 5.74) is 5.17. The summed E-state index contributed by atoms with van der Waals surface area (Å²) >= 11 is 2.21.